The first-order valence-electron chi connectivity index (χ1n) is 8.70. The molecular formula is C17H33P. The molecule has 1 aliphatic carbocycles. The summed E-state index contributed by atoms with van der Waals surface area (Å²) in [6, 6.07) is 0. The van der Waals surface area contributed by atoms with Gasteiger partial charge in [0.15, 0.2) is 0 Å². The second kappa shape index (κ2) is 9.35. The van der Waals surface area contributed by atoms with Crippen LogP contribution in [0.3, 0.4) is 0 Å². The third-order valence-corrected chi connectivity index (χ3v) is 6.99. The fourth-order valence-corrected chi connectivity index (χ4v) is 5.78. The minimum atomic E-state index is 1.11. The van der Waals surface area contributed by atoms with E-state index in [1.54, 1.807) is 25.4 Å². The summed E-state index contributed by atoms with van der Waals surface area (Å²) in [4.78, 5) is 0. The van der Waals surface area contributed by atoms with E-state index >= 15 is 0 Å². The first kappa shape index (κ1) is 14.8. The van der Waals surface area contributed by atoms with Crippen LogP contribution in [0.4, 0.5) is 0 Å². The van der Waals surface area contributed by atoms with Crippen molar-refractivity contribution in [3.63, 3.8) is 0 Å². The van der Waals surface area contributed by atoms with Crippen molar-refractivity contribution < 1.29 is 0 Å². The number of rotatable bonds is 1. The molecule has 2 fully saturated rings. The molecule has 0 amide bonds. The fraction of sp³-hybridized carbons (Fsp3) is 1.00. The van der Waals surface area contributed by atoms with Crippen molar-refractivity contribution in [3.8, 4) is 0 Å². The maximum atomic E-state index is 1.57. The lowest BCUT2D eigenvalue weighted by molar-refractivity contribution is 0.392. The summed E-state index contributed by atoms with van der Waals surface area (Å²) < 4.78 is 0. The van der Waals surface area contributed by atoms with Crippen LogP contribution in [0.15, 0.2) is 0 Å². The van der Waals surface area contributed by atoms with Crippen molar-refractivity contribution in [2.24, 2.45) is 5.92 Å². The molecule has 0 radical (unpaired) electrons. The van der Waals surface area contributed by atoms with Gasteiger partial charge in [0.2, 0.25) is 0 Å². The molecule has 0 N–H and O–H groups in total. The van der Waals surface area contributed by atoms with E-state index in [1.165, 1.54) is 79.2 Å². The van der Waals surface area contributed by atoms with Gasteiger partial charge >= 0.3 is 0 Å². The zero-order valence-corrected chi connectivity index (χ0v) is 13.3. The lowest BCUT2D eigenvalue weighted by Crippen LogP contribution is -2.17. The van der Waals surface area contributed by atoms with Gasteiger partial charge < -0.3 is 0 Å². The Bertz CT molecular complexity index is 160. The van der Waals surface area contributed by atoms with Crippen molar-refractivity contribution in [1.29, 1.82) is 0 Å². The van der Waals surface area contributed by atoms with Gasteiger partial charge in [-0.25, -0.2) is 0 Å². The van der Waals surface area contributed by atoms with Crippen LogP contribution in [0, 0.1) is 5.92 Å². The molecule has 1 saturated heterocycles. The second-order valence-electron chi connectivity index (χ2n) is 6.58. The molecule has 1 heteroatoms. The van der Waals surface area contributed by atoms with Gasteiger partial charge in [0, 0.05) is 0 Å². The molecule has 2 atom stereocenters. The Balaban J connectivity index is 1.83. The van der Waals surface area contributed by atoms with Gasteiger partial charge in [-0.05, 0) is 43.4 Å². The molecule has 0 bridgehead atoms. The van der Waals surface area contributed by atoms with E-state index in [9.17, 15) is 0 Å². The SMILES string of the molecule is C1CCCCC(C2CCCCCCCP2)CCC1. The highest BCUT2D eigenvalue weighted by molar-refractivity contribution is 7.38. The van der Waals surface area contributed by atoms with Gasteiger partial charge in [-0.2, -0.15) is 0 Å². The summed E-state index contributed by atoms with van der Waals surface area (Å²) in [6.07, 6.45) is 23.0. The van der Waals surface area contributed by atoms with Crippen LogP contribution in [0.25, 0.3) is 0 Å². The van der Waals surface area contributed by atoms with E-state index in [0.29, 0.717) is 0 Å². The molecule has 0 aromatic carbocycles. The van der Waals surface area contributed by atoms with Gasteiger partial charge in [0.05, 0.1) is 0 Å². The van der Waals surface area contributed by atoms with E-state index in [1.807, 2.05) is 0 Å². The molecule has 0 nitrogen and oxygen atoms in total. The van der Waals surface area contributed by atoms with E-state index in [0.717, 1.165) is 11.6 Å². The Morgan fingerprint density at radius 3 is 1.67 bits per heavy atom. The average Bonchev–Trinajstić information content (AvgIpc) is 2.61. The van der Waals surface area contributed by atoms with Crippen LogP contribution in [0.5, 0.6) is 0 Å². The van der Waals surface area contributed by atoms with Crippen LogP contribution < -0.4 is 0 Å². The van der Waals surface area contributed by atoms with Gasteiger partial charge in [-0.1, -0.05) is 64.2 Å². The summed E-state index contributed by atoms with van der Waals surface area (Å²) in [5.74, 6) is 1.11. The monoisotopic (exact) mass is 268 g/mol. The molecule has 0 aromatic heterocycles. The molecule has 0 spiro atoms. The van der Waals surface area contributed by atoms with Crippen LogP contribution in [-0.4, -0.2) is 11.8 Å². The largest absolute Gasteiger partial charge is 0.119 e. The summed E-state index contributed by atoms with van der Waals surface area (Å²) >= 11 is 0. The zero-order valence-electron chi connectivity index (χ0n) is 12.3. The van der Waals surface area contributed by atoms with Crippen LogP contribution >= 0.6 is 8.58 Å². The normalized spacial score (nSPS) is 31.7. The van der Waals surface area contributed by atoms with E-state index in [4.69, 9.17) is 0 Å². The summed E-state index contributed by atoms with van der Waals surface area (Å²) in [6.45, 7) is 0. The highest BCUT2D eigenvalue weighted by atomic mass is 31.1. The average molecular weight is 268 g/mol. The first-order valence-corrected chi connectivity index (χ1v) is 9.98. The molecule has 106 valence electrons. The maximum Gasteiger partial charge on any atom is -0.0208 e. The molecule has 1 saturated carbocycles. The molecule has 2 rings (SSSR count). The fourth-order valence-electron chi connectivity index (χ4n) is 3.88. The Hall–Kier alpha value is 0.430. The van der Waals surface area contributed by atoms with Crippen molar-refractivity contribution >= 4 is 8.58 Å². The maximum absolute atomic E-state index is 1.57. The summed E-state index contributed by atoms with van der Waals surface area (Å²) in [7, 11) is 1.30. The Kier molecular flexibility index (Phi) is 7.71. The highest BCUT2D eigenvalue weighted by Crippen LogP contribution is 2.38. The smallest absolute Gasteiger partial charge is 0.0208 e. The van der Waals surface area contributed by atoms with Crippen molar-refractivity contribution in [2.75, 3.05) is 6.16 Å². The third kappa shape index (κ3) is 5.60. The molecule has 18 heavy (non-hydrogen) atoms. The second-order valence-corrected chi connectivity index (χ2v) is 8.23. The molecule has 2 aliphatic rings. The summed E-state index contributed by atoms with van der Waals surface area (Å²) in [5.41, 5.74) is 1.13. The number of hydrogen-bond acceptors (Lipinski definition) is 0. The lowest BCUT2D eigenvalue weighted by Gasteiger charge is -2.27. The van der Waals surface area contributed by atoms with Crippen molar-refractivity contribution in [3.05, 3.63) is 0 Å². The first-order chi connectivity index (χ1) is 8.97. The Labute approximate surface area is 116 Å². The van der Waals surface area contributed by atoms with E-state index in [2.05, 4.69) is 0 Å². The van der Waals surface area contributed by atoms with Crippen LogP contribution in [-0.2, 0) is 0 Å². The predicted molar refractivity (Wildman–Crippen MR) is 85.1 cm³/mol. The van der Waals surface area contributed by atoms with Gasteiger partial charge in [0.1, 0.15) is 0 Å². The van der Waals surface area contributed by atoms with Crippen molar-refractivity contribution in [2.45, 2.75) is 95.6 Å². The quantitative estimate of drug-likeness (QED) is 0.501. The minimum Gasteiger partial charge on any atom is -0.119 e. The third-order valence-electron chi connectivity index (χ3n) is 5.07. The van der Waals surface area contributed by atoms with Gasteiger partial charge in [-0.15, -0.1) is 8.58 Å². The van der Waals surface area contributed by atoms with Crippen LogP contribution in [0.2, 0.25) is 0 Å². The molecule has 2 unspecified atom stereocenters. The Morgan fingerprint density at radius 1 is 0.500 bits per heavy atom. The van der Waals surface area contributed by atoms with Gasteiger partial charge in [-0.3, -0.25) is 0 Å². The van der Waals surface area contributed by atoms with Crippen LogP contribution in [0.1, 0.15) is 89.9 Å². The van der Waals surface area contributed by atoms with E-state index in [-0.39, 0.29) is 0 Å². The minimum absolute atomic E-state index is 1.11. The standard InChI is InChI=1S/C17H33P/c1-2-5-9-13-16(12-8-4-1)17-14-10-6-3-7-11-15-18-17/h16-18H,1-15H2. The highest BCUT2D eigenvalue weighted by Gasteiger charge is 2.21. The van der Waals surface area contributed by atoms with E-state index < -0.39 is 0 Å². The predicted octanol–water partition coefficient (Wildman–Crippen LogP) is 6.14. The molecule has 1 heterocycles. The topological polar surface area (TPSA) is 0 Å². The van der Waals surface area contributed by atoms with Gasteiger partial charge in [0.25, 0.3) is 0 Å². The molecular weight excluding hydrogens is 235 g/mol. The summed E-state index contributed by atoms with van der Waals surface area (Å²) in [5, 5.41) is 0. The Morgan fingerprint density at radius 2 is 1.00 bits per heavy atom. The van der Waals surface area contributed by atoms with Crippen molar-refractivity contribution in [1.82, 2.24) is 0 Å². The molecule has 0 aromatic rings. The zero-order chi connectivity index (χ0) is 12.5. The molecule has 1 aliphatic heterocycles. The lowest BCUT2D eigenvalue weighted by atomic mass is 9.90. The number of hydrogen-bond donors (Lipinski definition) is 0.